The highest BCUT2D eigenvalue weighted by atomic mass is 32.1. The minimum absolute atomic E-state index is 0.727. The second-order valence-corrected chi connectivity index (χ2v) is 5.77. The van der Waals surface area contributed by atoms with Gasteiger partial charge in [0, 0.05) is 30.7 Å². The van der Waals surface area contributed by atoms with Crippen molar-refractivity contribution in [3.8, 4) is 0 Å². The first-order valence-corrected chi connectivity index (χ1v) is 7.58. The number of hydrogen-bond acceptors (Lipinski definition) is 4. The molecule has 2 aromatic heterocycles. The smallest absolute Gasteiger partial charge is 0.195 e. The topological polar surface area (TPSA) is 32.6 Å². The maximum Gasteiger partial charge on any atom is 0.195 e. The molecule has 1 saturated carbocycles. The summed E-state index contributed by atoms with van der Waals surface area (Å²) in [5, 5.41) is 5.37. The Bertz CT molecular complexity index is 526. The van der Waals surface area contributed by atoms with Gasteiger partial charge in [0.25, 0.3) is 0 Å². The van der Waals surface area contributed by atoms with Crippen LogP contribution in [0.4, 0.5) is 5.82 Å². The molecule has 0 bridgehead atoms. The van der Waals surface area contributed by atoms with E-state index in [0.29, 0.717) is 0 Å². The Morgan fingerprint density at radius 3 is 3.06 bits per heavy atom. The number of thiazole rings is 1. The second-order valence-electron chi connectivity index (χ2n) is 4.89. The summed E-state index contributed by atoms with van der Waals surface area (Å²) < 4.78 is 2.22. The molecule has 2 heterocycles. The maximum atomic E-state index is 4.84. The van der Waals surface area contributed by atoms with Gasteiger partial charge in [-0.3, -0.25) is 4.40 Å². The lowest BCUT2D eigenvalue weighted by Crippen LogP contribution is -2.28. The van der Waals surface area contributed by atoms with Gasteiger partial charge in [-0.25, -0.2) is 4.98 Å². The number of aromatic nitrogens is 2. The summed E-state index contributed by atoms with van der Waals surface area (Å²) in [6, 6.07) is 0.727. The van der Waals surface area contributed by atoms with E-state index < -0.39 is 0 Å². The Labute approximate surface area is 112 Å². The van der Waals surface area contributed by atoms with Gasteiger partial charge in [0.2, 0.25) is 0 Å². The minimum atomic E-state index is 0.727. The molecule has 1 N–H and O–H groups in total. The van der Waals surface area contributed by atoms with Crippen molar-refractivity contribution < 1.29 is 0 Å². The zero-order chi connectivity index (χ0) is 12.5. The van der Waals surface area contributed by atoms with Crippen LogP contribution in [0.2, 0.25) is 0 Å². The first-order chi connectivity index (χ1) is 8.85. The largest absolute Gasteiger partial charge is 0.352 e. The fraction of sp³-hybridized carbons (Fsp3) is 0.615. The third-order valence-electron chi connectivity index (χ3n) is 3.41. The van der Waals surface area contributed by atoms with E-state index in [4.69, 9.17) is 4.98 Å². The average Bonchev–Trinajstić information content (AvgIpc) is 3.01. The van der Waals surface area contributed by atoms with Crippen LogP contribution in [0.15, 0.2) is 11.6 Å². The van der Waals surface area contributed by atoms with Gasteiger partial charge >= 0.3 is 0 Å². The standard InChI is InChI=1S/C13H20N4S/c1-3-6-16(10-4-5-10)12-11(9-14-2)17-7-8-18-13(17)15-12/h7-8,10,14H,3-6,9H2,1-2H3. The molecule has 0 spiro atoms. The minimum Gasteiger partial charge on any atom is -0.352 e. The molecule has 18 heavy (non-hydrogen) atoms. The van der Waals surface area contributed by atoms with E-state index in [9.17, 15) is 0 Å². The van der Waals surface area contributed by atoms with Crippen LogP contribution in [0.3, 0.4) is 0 Å². The van der Waals surface area contributed by atoms with E-state index in [2.05, 4.69) is 33.1 Å². The van der Waals surface area contributed by atoms with Gasteiger partial charge in [-0.05, 0) is 26.3 Å². The fourth-order valence-corrected chi connectivity index (χ4v) is 3.20. The van der Waals surface area contributed by atoms with Crippen LogP contribution in [0, 0.1) is 0 Å². The molecule has 1 aliphatic rings. The molecule has 0 radical (unpaired) electrons. The van der Waals surface area contributed by atoms with Crippen LogP contribution in [-0.2, 0) is 6.54 Å². The van der Waals surface area contributed by atoms with Crippen LogP contribution in [0.5, 0.6) is 0 Å². The Hall–Kier alpha value is -1.07. The second kappa shape index (κ2) is 4.90. The van der Waals surface area contributed by atoms with Crippen LogP contribution in [-0.4, -0.2) is 29.0 Å². The molecule has 0 aliphatic heterocycles. The monoisotopic (exact) mass is 264 g/mol. The van der Waals surface area contributed by atoms with Gasteiger partial charge in [-0.2, -0.15) is 0 Å². The van der Waals surface area contributed by atoms with Crippen LogP contribution in [0.1, 0.15) is 31.9 Å². The molecule has 4 nitrogen and oxygen atoms in total. The summed E-state index contributed by atoms with van der Waals surface area (Å²) in [7, 11) is 2.00. The van der Waals surface area contributed by atoms with Crippen molar-refractivity contribution in [2.24, 2.45) is 0 Å². The van der Waals surface area contributed by atoms with Crippen LogP contribution in [0.25, 0.3) is 4.96 Å². The molecule has 0 unspecified atom stereocenters. The molecule has 0 amide bonds. The first-order valence-electron chi connectivity index (χ1n) is 6.70. The number of imidazole rings is 1. The zero-order valence-electron chi connectivity index (χ0n) is 11.0. The average molecular weight is 264 g/mol. The number of anilines is 1. The van der Waals surface area contributed by atoms with E-state index >= 15 is 0 Å². The summed E-state index contributed by atoms with van der Waals surface area (Å²) >= 11 is 1.71. The highest BCUT2D eigenvalue weighted by molar-refractivity contribution is 7.15. The summed E-state index contributed by atoms with van der Waals surface area (Å²) in [6.45, 7) is 4.23. The van der Waals surface area contributed by atoms with Crippen LogP contribution < -0.4 is 10.2 Å². The zero-order valence-corrected chi connectivity index (χ0v) is 11.8. The molecule has 0 aromatic carbocycles. The first kappa shape index (κ1) is 12.0. The van der Waals surface area contributed by atoms with Crippen molar-refractivity contribution in [1.29, 1.82) is 0 Å². The van der Waals surface area contributed by atoms with Gasteiger partial charge in [0.15, 0.2) is 10.8 Å². The highest BCUT2D eigenvalue weighted by Crippen LogP contribution is 2.34. The van der Waals surface area contributed by atoms with Crippen molar-refractivity contribution in [1.82, 2.24) is 14.7 Å². The Morgan fingerprint density at radius 1 is 1.56 bits per heavy atom. The van der Waals surface area contributed by atoms with Crippen molar-refractivity contribution in [3.63, 3.8) is 0 Å². The maximum absolute atomic E-state index is 4.84. The number of fused-ring (bicyclic) bond motifs is 1. The van der Waals surface area contributed by atoms with Crippen LogP contribution >= 0.6 is 11.3 Å². The predicted octanol–water partition coefficient (Wildman–Crippen LogP) is 2.49. The number of nitrogens with zero attached hydrogens (tertiary/aromatic N) is 3. The highest BCUT2D eigenvalue weighted by Gasteiger charge is 2.32. The predicted molar refractivity (Wildman–Crippen MR) is 76.5 cm³/mol. The van der Waals surface area contributed by atoms with Gasteiger partial charge in [-0.1, -0.05) is 6.92 Å². The van der Waals surface area contributed by atoms with Crippen molar-refractivity contribution in [2.75, 3.05) is 18.5 Å². The lowest BCUT2D eigenvalue weighted by atomic mass is 10.3. The summed E-state index contributed by atoms with van der Waals surface area (Å²) in [5.41, 5.74) is 1.30. The Kier molecular flexibility index (Phi) is 3.26. The number of rotatable bonds is 6. The van der Waals surface area contributed by atoms with Gasteiger partial charge in [0.05, 0.1) is 5.69 Å². The Morgan fingerprint density at radius 2 is 2.39 bits per heavy atom. The third kappa shape index (κ3) is 2.01. The molecule has 2 aromatic rings. The molecular weight excluding hydrogens is 244 g/mol. The van der Waals surface area contributed by atoms with E-state index in [0.717, 1.165) is 24.1 Å². The lowest BCUT2D eigenvalue weighted by molar-refractivity contribution is 0.727. The number of hydrogen-bond donors (Lipinski definition) is 1. The van der Waals surface area contributed by atoms with Gasteiger partial charge in [0.1, 0.15) is 0 Å². The summed E-state index contributed by atoms with van der Waals surface area (Å²) in [6.07, 6.45) is 5.95. The molecule has 1 fully saturated rings. The summed E-state index contributed by atoms with van der Waals surface area (Å²) in [4.78, 5) is 8.45. The quantitative estimate of drug-likeness (QED) is 0.870. The normalized spacial score (nSPS) is 15.4. The van der Waals surface area contributed by atoms with E-state index in [1.807, 2.05) is 7.05 Å². The SMILES string of the molecule is CCCN(c1nc2sccn2c1CNC)C1CC1. The van der Waals surface area contributed by atoms with Crippen molar-refractivity contribution in [2.45, 2.75) is 38.8 Å². The molecule has 5 heteroatoms. The van der Waals surface area contributed by atoms with E-state index in [-0.39, 0.29) is 0 Å². The molecule has 98 valence electrons. The van der Waals surface area contributed by atoms with Gasteiger partial charge < -0.3 is 10.2 Å². The van der Waals surface area contributed by atoms with Crippen molar-refractivity contribution in [3.05, 3.63) is 17.3 Å². The Balaban J connectivity index is 2.02. The third-order valence-corrected chi connectivity index (χ3v) is 4.16. The van der Waals surface area contributed by atoms with E-state index in [1.54, 1.807) is 11.3 Å². The molecule has 0 saturated heterocycles. The lowest BCUT2D eigenvalue weighted by Gasteiger charge is -2.22. The molecule has 3 rings (SSSR count). The van der Waals surface area contributed by atoms with Gasteiger partial charge in [-0.15, -0.1) is 11.3 Å². The van der Waals surface area contributed by atoms with E-state index in [1.165, 1.54) is 30.8 Å². The van der Waals surface area contributed by atoms with Crippen molar-refractivity contribution >= 4 is 22.1 Å². The molecule has 0 atom stereocenters. The molecular formula is C13H20N4S. The number of nitrogens with one attached hydrogen (secondary N) is 1. The molecule has 1 aliphatic carbocycles. The summed E-state index contributed by atoms with van der Waals surface area (Å²) in [5.74, 6) is 1.19. The fourth-order valence-electron chi connectivity index (χ4n) is 2.47.